The van der Waals surface area contributed by atoms with Crippen LogP contribution in [0.3, 0.4) is 0 Å². The van der Waals surface area contributed by atoms with Gasteiger partial charge in [-0.05, 0) is 83.4 Å². The first-order valence-electron chi connectivity index (χ1n) is 13.5. The number of ether oxygens (including phenoxy) is 3. The molecule has 3 rings (SSSR count). The number of unbranched alkanes of at least 4 members (excludes halogenated alkanes) is 2. The zero-order valence-electron chi connectivity index (χ0n) is 24.1. The Morgan fingerprint density at radius 2 is 1.67 bits per heavy atom. The number of benzene rings is 2. The average molecular weight is 537 g/mol. The van der Waals surface area contributed by atoms with Gasteiger partial charge in [0.2, 0.25) is 0 Å². The third-order valence-electron chi connectivity index (χ3n) is 6.25. The number of nitrogens with one attached hydrogen (secondary N) is 1. The highest BCUT2D eigenvalue weighted by atomic mass is 16.6. The van der Waals surface area contributed by atoms with Crippen molar-refractivity contribution in [1.82, 2.24) is 4.98 Å². The molecule has 8 heteroatoms. The largest absolute Gasteiger partial charge is 0.488 e. The fourth-order valence-electron chi connectivity index (χ4n) is 4.87. The SMILES string of the molecule is C=C(C)C(=O)OC(C)(C)CC(C)(C)Oc1ccc2cc(-c3ccc(CCCCC)cc3OC(N)(N)N)[nH]c2c1. The van der Waals surface area contributed by atoms with Crippen molar-refractivity contribution in [2.24, 2.45) is 17.2 Å². The van der Waals surface area contributed by atoms with Gasteiger partial charge in [-0.3, -0.25) is 17.2 Å². The molecule has 0 saturated heterocycles. The van der Waals surface area contributed by atoms with E-state index in [1.807, 2.05) is 64.1 Å². The van der Waals surface area contributed by atoms with Gasteiger partial charge in [-0.1, -0.05) is 32.4 Å². The monoisotopic (exact) mass is 536 g/mol. The van der Waals surface area contributed by atoms with E-state index in [1.165, 1.54) is 0 Å². The van der Waals surface area contributed by atoms with Crippen molar-refractivity contribution in [3.05, 3.63) is 60.2 Å². The summed E-state index contributed by atoms with van der Waals surface area (Å²) in [5, 5.41) is 1.00. The molecule has 212 valence electrons. The lowest BCUT2D eigenvalue weighted by Crippen LogP contribution is -2.62. The van der Waals surface area contributed by atoms with Crippen LogP contribution in [0.5, 0.6) is 11.5 Å². The van der Waals surface area contributed by atoms with Crippen LogP contribution >= 0.6 is 0 Å². The Kier molecular flexibility index (Phi) is 9.16. The number of aromatic amines is 1. The number of carbonyl (C=O) groups excluding carboxylic acids is 1. The summed E-state index contributed by atoms with van der Waals surface area (Å²) in [4.78, 5) is 15.5. The number of fused-ring (bicyclic) bond motifs is 1. The number of nitrogens with two attached hydrogens (primary N) is 3. The van der Waals surface area contributed by atoms with Crippen LogP contribution in [0.2, 0.25) is 0 Å². The van der Waals surface area contributed by atoms with E-state index in [9.17, 15) is 4.79 Å². The maximum atomic E-state index is 12.1. The highest BCUT2D eigenvalue weighted by Gasteiger charge is 2.33. The second kappa shape index (κ2) is 11.8. The van der Waals surface area contributed by atoms with Gasteiger partial charge >= 0.3 is 5.97 Å². The third-order valence-corrected chi connectivity index (χ3v) is 6.25. The Bertz CT molecular complexity index is 1320. The van der Waals surface area contributed by atoms with Crippen molar-refractivity contribution in [1.29, 1.82) is 0 Å². The Balaban J connectivity index is 1.85. The minimum Gasteiger partial charge on any atom is -0.488 e. The van der Waals surface area contributed by atoms with Crippen molar-refractivity contribution in [2.45, 2.75) is 90.8 Å². The molecule has 0 atom stereocenters. The van der Waals surface area contributed by atoms with Gasteiger partial charge in [-0.15, -0.1) is 0 Å². The summed E-state index contributed by atoms with van der Waals surface area (Å²) in [7, 11) is 0. The molecular formula is C31H44N4O4. The normalized spacial score (nSPS) is 12.4. The van der Waals surface area contributed by atoms with Crippen molar-refractivity contribution in [3.8, 4) is 22.8 Å². The predicted octanol–water partition coefficient (Wildman–Crippen LogP) is 5.88. The fraction of sp³-hybridized carbons (Fsp3) is 0.452. The van der Waals surface area contributed by atoms with E-state index >= 15 is 0 Å². The van der Waals surface area contributed by atoms with Gasteiger partial charge in [0.15, 0.2) is 0 Å². The fourth-order valence-corrected chi connectivity index (χ4v) is 4.87. The zero-order chi connectivity index (χ0) is 29.0. The molecule has 7 N–H and O–H groups in total. The first kappa shape index (κ1) is 30.2. The van der Waals surface area contributed by atoms with Crippen molar-refractivity contribution in [3.63, 3.8) is 0 Å². The number of aryl methyl sites for hydroxylation is 1. The topological polar surface area (TPSA) is 139 Å². The molecule has 1 heterocycles. The van der Waals surface area contributed by atoms with Crippen LogP contribution in [-0.2, 0) is 16.0 Å². The predicted molar refractivity (Wildman–Crippen MR) is 157 cm³/mol. The standard InChI is InChI=1S/C31H44N4O4/c1-8-9-10-11-21-12-15-24(27(16-21)38-31(32,33)34)26-17-22-13-14-23(18-25(22)35-26)37-29(4,5)19-30(6,7)39-28(36)20(2)3/h12-18,35H,2,8-11,19,32-34H2,1,3-7H3. The molecule has 0 bridgehead atoms. The van der Waals surface area contributed by atoms with Crippen LogP contribution in [0.4, 0.5) is 0 Å². The maximum Gasteiger partial charge on any atom is 0.333 e. The van der Waals surface area contributed by atoms with Gasteiger partial charge in [-0.2, -0.15) is 0 Å². The number of carbonyl (C=O) groups is 1. The lowest BCUT2D eigenvalue weighted by Gasteiger charge is -2.35. The van der Waals surface area contributed by atoms with E-state index < -0.39 is 23.1 Å². The summed E-state index contributed by atoms with van der Waals surface area (Å²) in [5.74, 6) is -1.01. The van der Waals surface area contributed by atoms with Crippen LogP contribution in [0.15, 0.2) is 54.6 Å². The molecular weight excluding hydrogens is 492 g/mol. The van der Waals surface area contributed by atoms with E-state index in [0.29, 0.717) is 23.5 Å². The molecule has 0 saturated carbocycles. The van der Waals surface area contributed by atoms with E-state index in [-0.39, 0.29) is 0 Å². The van der Waals surface area contributed by atoms with E-state index in [4.69, 9.17) is 31.4 Å². The summed E-state index contributed by atoms with van der Waals surface area (Å²) in [5.41, 5.74) is 20.1. The summed E-state index contributed by atoms with van der Waals surface area (Å²) in [6, 6.07) is 14.0. The van der Waals surface area contributed by atoms with Gasteiger partial charge in [0, 0.05) is 34.5 Å². The highest BCUT2D eigenvalue weighted by molar-refractivity contribution is 5.88. The second-order valence-electron chi connectivity index (χ2n) is 11.6. The van der Waals surface area contributed by atoms with Crippen molar-refractivity contribution in [2.75, 3.05) is 0 Å². The first-order chi connectivity index (χ1) is 18.1. The molecule has 3 aromatic rings. The Morgan fingerprint density at radius 3 is 2.31 bits per heavy atom. The summed E-state index contributed by atoms with van der Waals surface area (Å²) >= 11 is 0. The van der Waals surface area contributed by atoms with Crippen LogP contribution < -0.4 is 26.7 Å². The highest BCUT2D eigenvalue weighted by Crippen LogP contribution is 2.36. The number of hydrogen-bond donors (Lipinski definition) is 4. The number of esters is 1. The average Bonchev–Trinajstić information content (AvgIpc) is 3.19. The molecule has 39 heavy (non-hydrogen) atoms. The van der Waals surface area contributed by atoms with E-state index in [1.54, 1.807) is 6.92 Å². The third kappa shape index (κ3) is 8.85. The molecule has 0 amide bonds. The molecule has 0 fully saturated rings. The van der Waals surface area contributed by atoms with Crippen LogP contribution in [0.25, 0.3) is 22.2 Å². The molecule has 0 aliphatic rings. The van der Waals surface area contributed by atoms with Gasteiger partial charge in [0.05, 0.1) is 5.69 Å². The van der Waals surface area contributed by atoms with Crippen LogP contribution in [0.1, 0.15) is 72.8 Å². The van der Waals surface area contributed by atoms with Gasteiger partial charge in [-0.25, -0.2) is 4.79 Å². The summed E-state index contributed by atoms with van der Waals surface area (Å²) < 4.78 is 17.7. The Morgan fingerprint density at radius 1 is 0.949 bits per heavy atom. The van der Waals surface area contributed by atoms with Crippen LogP contribution in [-0.4, -0.2) is 28.1 Å². The minimum atomic E-state index is -1.80. The lowest BCUT2D eigenvalue weighted by molar-refractivity contribution is -0.155. The number of rotatable bonds is 13. The number of H-pyrrole nitrogens is 1. The summed E-state index contributed by atoms with van der Waals surface area (Å²) in [6.45, 7) is 15.2. The van der Waals surface area contributed by atoms with Gasteiger partial charge < -0.3 is 19.2 Å². The maximum absolute atomic E-state index is 12.1. The molecule has 1 aromatic heterocycles. The summed E-state index contributed by atoms with van der Waals surface area (Å²) in [6.07, 6.45) is 4.82. The van der Waals surface area contributed by atoms with Crippen LogP contribution in [0, 0.1) is 0 Å². The van der Waals surface area contributed by atoms with Gasteiger partial charge in [0.25, 0.3) is 5.97 Å². The van der Waals surface area contributed by atoms with Crippen molar-refractivity contribution >= 4 is 16.9 Å². The van der Waals surface area contributed by atoms with E-state index in [2.05, 4.69) is 24.6 Å². The van der Waals surface area contributed by atoms with E-state index in [0.717, 1.165) is 53.4 Å². The zero-order valence-corrected chi connectivity index (χ0v) is 24.1. The molecule has 2 aromatic carbocycles. The Hall–Kier alpha value is -3.33. The molecule has 0 aliphatic heterocycles. The quantitative estimate of drug-likeness (QED) is 0.0926. The second-order valence-corrected chi connectivity index (χ2v) is 11.6. The lowest BCUT2D eigenvalue weighted by atomic mass is 9.92. The smallest absolute Gasteiger partial charge is 0.333 e. The Labute approximate surface area is 231 Å². The number of aromatic nitrogens is 1. The van der Waals surface area contributed by atoms with Crippen molar-refractivity contribution < 1.29 is 19.0 Å². The molecule has 0 spiro atoms. The molecule has 0 unspecified atom stereocenters. The molecule has 8 nitrogen and oxygen atoms in total. The number of hydrogen-bond acceptors (Lipinski definition) is 7. The minimum absolute atomic E-state index is 0.365. The van der Waals surface area contributed by atoms with Gasteiger partial charge in [0.1, 0.15) is 22.7 Å². The first-order valence-corrected chi connectivity index (χ1v) is 13.5. The molecule has 0 aliphatic carbocycles. The molecule has 0 radical (unpaired) electrons.